The number of likely N-dealkylation sites (tertiary alicyclic amines) is 1. The molecule has 1 aliphatic rings. The number of rotatable bonds is 5. The van der Waals surface area contributed by atoms with Crippen LogP contribution in [0.5, 0.6) is 0 Å². The van der Waals surface area contributed by atoms with E-state index in [9.17, 15) is 0 Å². The molecule has 1 aromatic carbocycles. The molecule has 0 saturated carbocycles. The highest BCUT2D eigenvalue weighted by molar-refractivity contribution is 5.83. The fourth-order valence-electron chi connectivity index (χ4n) is 3.48. The fraction of sp³-hybridized carbons (Fsp3) is 0.412. The summed E-state index contributed by atoms with van der Waals surface area (Å²) < 4.78 is 4.77. The minimum Gasteiger partial charge on any atom is -0.361 e. The molecule has 114 valence electrons. The Morgan fingerprint density at radius 3 is 3.18 bits per heavy atom. The number of benzene rings is 1. The van der Waals surface area contributed by atoms with E-state index < -0.39 is 0 Å². The lowest BCUT2D eigenvalue weighted by Crippen LogP contribution is -2.22. The van der Waals surface area contributed by atoms with E-state index in [2.05, 4.69) is 50.5 Å². The zero-order valence-corrected chi connectivity index (χ0v) is 12.5. The lowest BCUT2D eigenvalue weighted by Gasteiger charge is -2.15. The van der Waals surface area contributed by atoms with Crippen molar-refractivity contribution in [3.05, 3.63) is 48.2 Å². The molecule has 3 aromatic rings. The maximum absolute atomic E-state index is 4.77. The summed E-state index contributed by atoms with van der Waals surface area (Å²) in [4.78, 5) is 10.0. The third-order valence-electron chi connectivity index (χ3n) is 4.62. The number of aromatic amines is 1. The van der Waals surface area contributed by atoms with Gasteiger partial charge in [0.05, 0.1) is 0 Å². The number of hydrogen-bond acceptors (Lipinski definition) is 4. The van der Waals surface area contributed by atoms with Crippen LogP contribution >= 0.6 is 0 Å². The molecule has 2 aromatic heterocycles. The molecular weight excluding hydrogens is 276 g/mol. The van der Waals surface area contributed by atoms with Crippen LogP contribution in [0.4, 0.5) is 0 Å². The van der Waals surface area contributed by atoms with Gasteiger partial charge < -0.3 is 14.4 Å². The van der Waals surface area contributed by atoms with Crippen molar-refractivity contribution in [2.75, 3.05) is 19.6 Å². The maximum atomic E-state index is 4.77. The van der Waals surface area contributed by atoms with Crippen molar-refractivity contribution >= 4 is 10.9 Å². The summed E-state index contributed by atoms with van der Waals surface area (Å²) in [6.45, 7) is 3.43. The first-order chi connectivity index (χ1) is 10.9. The minimum atomic E-state index is 0.640. The maximum Gasteiger partial charge on any atom is 0.213 e. The number of nitrogens with one attached hydrogen (secondary N) is 1. The Morgan fingerprint density at radius 2 is 2.27 bits per heavy atom. The molecule has 1 N–H and O–H groups in total. The molecule has 3 heterocycles. The highest BCUT2D eigenvalue weighted by Crippen LogP contribution is 2.32. The lowest BCUT2D eigenvalue weighted by molar-refractivity contribution is 0.327. The molecule has 1 fully saturated rings. The first-order valence-corrected chi connectivity index (χ1v) is 7.94. The lowest BCUT2D eigenvalue weighted by atomic mass is 9.98. The highest BCUT2D eigenvalue weighted by Gasteiger charge is 2.25. The van der Waals surface area contributed by atoms with Crippen molar-refractivity contribution < 1.29 is 4.52 Å². The van der Waals surface area contributed by atoms with E-state index in [0.717, 1.165) is 31.8 Å². The van der Waals surface area contributed by atoms with Crippen LogP contribution in [0.2, 0.25) is 0 Å². The van der Waals surface area contributed by atoms with Crippen LogP contribution in [0, 0.1) is 0 Å². The summed E-state index contributed by atoms with van der Waals surface area (Å²) in [7, 11) is 0. The van der Waals surface area contributed by atoms with Crippen molar-refractivity contribution in [2.24, 2.45) is 0 Å². The van der Waals surface area contributed by atoms with Crippen molar-refractivity contribution in [3.63, 3.8) is 0 Å². The second-order valence-corrected chi connectivity index (χ2v) is 6.03. The van der Waals surface area contributed by atoms with Gasteiger partial charge in [0.1, 0.15) is 0 Å². The molecule has 1 aliphatic heterocycles. The van der Waals surface area contributed by atoms with Crippen LogP contribution < -0.4 is 0 Å². The number of hydrogen-bond donors (Lipinski definition) is 1. The van der Waals surface area contributed by atoms with Crippen LogP contribution in [0.25, 0.3) is 10.9 Å². The second-order valence-electron chi connectivity index (χ2n) is 6.03. The molecule has 1 saturated heterocycles. The Morgan fingerprint density at radius 1 is 1.32 bits per heavy atom. The van der Waals surface area contributed by atoms with Crippen molar-refractivity contribution in [1.29, 1.82) is 0 Å². The van der Waals surface area contributed by atoms with Gasteiger partial charge in [-0.25, -0.2) is 0 Å². The van der Waals surface area contributed by atoms with Gasteiger partial charge in [-0.3, -0.25) is 0 Å². The Labute approximate surface area is 129 Å². The topological polar surface area (TPSA) is 58.0 Å². The average molecular weight is 296 g/mol. The van der Waals surface area contributed by atoms with Crippen LogP contribution in [0.1, 0.15) is 30.1 Å². The molecule has 0 radical (unpaired) electrons. The molecule has 0 spiro atoms. The summed E-state index contributed by atoms with van der Waals surface area (Å²) in [6.07, 6.45) is 6.81. The Bertz CT molecular complexity index is 734. The van der Waals surface area contributed by atoms with E-state index in [1.54, 1.807) is 0 Å². The average Bonchev–Trinajstić information content (AvgIpc) is 3.27. The summed E-state index contributed by atoms with van der Waals surface area (Å²) in [5.74, 6) is 1.45. The second kappa shape index (κ2) is 5.93. The van der Waals surface area contributed by atoms with Gasteiger partial charge >= 0.3 is 0 Å². The number of H-pyrrole nitrogens is 1. The van der Waals surface area contributed by atoms with Crippen LogP contribution in [0.3, 0.4) is 0 Å². The van der Waals surface area contributed by atoms with Gasteiger partial charge in [-0.2, -0.15) is 4.98 Å². The number of para-hydroxylation sites is 1. The summed E-state index contributed by atoms with van der Waals surface area (Å²) in [5, 5.41) is 5.24. The highest BCUT2D eigenvalue weighted by atomic mass is 16.5. The summed E-state index contributed by atoms with van der Waals surface area (Å²) >= 11 is 0. The molecular formula is C17H20N4O. The van der Waals surface area contributed by atoms with Crippen molar-refractivity contribution in [2.45, 2.75) is 25.2 Å². The van der Waals surface area contributed by atoms with E-state index >= 15 is 0 Å². The van der Waals surface area contributed by atoms with E-state index in [1.807, 2.05) is 0 Å². The molecule has 4 rings (SSSR count). The van der Waals surface area contributed by atoms with Crippen LogP contribution in [-0.2, 0) is 6.42 Å². The summed E-state index contributed by atoms with van der Waals surface area (Å²) in [5.41, 5.74) is 2.71. The minimum absolute atomic E-state index is 0.640. The third-order valence-corrected chi connectivity index (χ3v) is 4.62. The van der Waals surface area contributed by atoms with Crippen molar-refractivity contribution in [1.82, 2.24) is 20.0 Å². The van der Waals surface area contributed by atoms with Gasteiger partial charge in [-0.15, -0.1) is 0 Å². The number of fused-ring (bicyclic) bond motifs is 1. The molecule has 0 amide bonds. The SMILES string of the molecule is c1ccc2c(C3CCN(CCCc4ncon4)C3)c[nH]c2c1. The first-order valence-electron chi connectivity index (χ1n) is 7.94. The van der Waals surface area contributed by atoms with E-state index in [0.29, 0.717) is 5.92 Å². The van der Waals surface area contributed by atoms with Gasteiger partial charge in [0.2, 0.25) is 6.39 Å². The predicted molar refractivity (Wildman–Crippen MR) is 84.7 cm³/mol. The largest absolute Gasteiger partial charge is 0.361 e. The van der Waals surface area contributed by atoms with Gasteiger partial charge in [0.25, 0.3) is 0 Å². The van der Waals surface area contributed by atoms with E-state index in [1.165, 1.54) is 35.8 Å². The zero-order chi connectivity index (χ0) is 14.8. The molecule has 1 atom stereocenters. The van der Waals surface area contributed by atoms with Gasteiger partial charge in [-0.1, -0.05) is 23.4 Å². The van der Waals surface area contributed by atoms with Crippen LogP contribution in [-0.4, -0.2) is 39.7 Å². The standard InChI is InChI=1S/C17H20N4O/c1-2-5-16-14(4-1)15(10-18-16)13-7-9-21(11-13)8-3-6-17-19-12-22-20-17/h1-2,4-5,10,12-13,18H,3,6-9,11H2. The fourth-order valence-corrected chi connectivity index (χ4v) is 3.48. The quantitative estimate of drug-likeness (QED) is 0.786. The smallest absolute Gasteiger partial charge is 0.213 e. The molecule has 5 heteroatoms. The number of nitrogens with zero attached hydrogens (tertiary/aromatic N) is 3. The zero-order valence-electron chi connectivity index (χ0n) is 12.5. The van der Waals surface area contributed by atoms with Gasteiger partial charge in [0.15, 0.2) is 5.82 Å². The van der Waals surface area contributed by atoms with E-state index in [-0.39, 0.29) is 0 Å². The number of aryl methyl sites for hydroxylation is 1. The molecule has 5 nitrogen and oxygen atoms in total. The molecule has 0 bridgehead atoms. The van der Waals surface area contributed by atoms with Gasteiger partial charge in [-0.05, 0) is 43.5 Å². The predicted octanol–water partition coefficient (Wildman–Crippen LogP) is 2.97. The van der Waals surface area contributed by atoms with E-state index in [4.69, 9.17) is 4.52 Å². The Balaban J connectivity index is 1.36. The Hall–Kier alpha value is -2.14. The van der Waals surface area contributed by atoms with Crippen molar-refractivity contribution in [3.8, 4) is 0 Å². The third kappa shape index (κ3) is 2.64. The summed E-state index contributed by atoms with van der Waals surface area (Å²) in [6, 6.07) is 8.58. The van der Waals surface area contributed by atoms with Crippen LogP contribution in [0.15, 0.2) is 41.4 Å². The normalized spacial score (nSPS) is 19.2. The first kappa shape index (κ1) is 13.5. The number of aromatic nitrogens is 3. The monoisotopic (exact) mass is 296 g/mol. The molecule has 22 heavy (non-hydrogen) atoms. The molecule has 0 aliphatic carbocycles. The Kier molecular flexibility index (Phi) is 3.64. The van der Waals surface area contributed by atoms with Gasteiger partial charge in [0, 0.05) is 30.1 Å². The molecule has 1 unspecified atom stereocenters.